The highest BCUT2D eigenvalue weighted by Gasteiger charge is 2.12. The van der Waals surface area contributed by atoms with Gasteiger partial charge in [0.25, 0.3) is 0 Å². The van der Waals surface area contributed by atoms with E-state index in [1.165, 1.54) is 6.07 Å². The van der Waals surface area contributed by atoms with Crippen LogP contribution in [0.3, 0.4) is 0 Å². The minimum Gasteiger partial charge on any atom is -0.328 e. The first-order valence-electron chi connectivity index (χ1n) is 5.74. The van der Waals surface area contributed by atoms with E-state index in [-0.39, 0.29) is 5.82 Å². The van der Waals surface area contributed by atoms with Crippen LogP contribution >= 0.6 is 28.1 Å². The van der Waals surface area contributed by atoms with Crippen LogP contribution in [-0.4, -0.2) is 9.55 Å². The number of hydrogen-bond acceptors (Lipinski definition) is 1. The lowest BCUT2D eigenvalue weighted by Crippen LogP contribution is -1.97. The number of H-pyrrole nitrogens is 1. The molecule has 3 rings (SSSR count). The van der Waals surface area contributed by atoms with Crippen LogP contribution in [-0.2, 0) is 0 Å². The fourth-order valence-corrected chi connectivity index (χ4v) is 2.83. The SMILES string of the molecule is Cc1c(Br)cccc1-n1c(=S)[nH]c2c(F)cccc21. The molecular formula is C14H10BrFN2S. The largest absolute Gasteiger partial charge is 0.328 e. The van der Waals surface area contributed by atoms with Crippen molar-refractivity contribution in [1.82, 2.24) is 9.55 Å². The van der Waals surface area contributed by atoms with E-state index in [4.69, 9.17) is 12.2 Å². The van der Waals surface area contributed by atoms with Crippen molar-refractivity contribution in [3.63, 3.8) is 0 Å². The molecule has 1 N–H and O–H groups in total. The molecule has 1 aromatic heterocycles. The lowest BCUT2D eigenvalue weighted by atomic mass is 10.2. The van der Waals surface area contributed by atoms with Crippen LogP contribution in [0.15, 0.2) is 40.9 Å². The van der Waals surface area contributed by atoms with E-state index in [0.29, 0.717) is 10.3 Å². The summed E-state index contributed by atoms with van der Waals surface area (Å²) in [6.45, 7) is 2.00. The molecule has 0 unspecified atom stereocenters. The standard InChI is InChI=1S/C14H10BrFN2S/c1-8-9(15)4-2-6-11(8)18-12-7-3-5-10(16)13(12)17-14(18)19/h2-7H,1H3,(H,17,19). The van der Waals surface area contributed by atoms with Gasteiger partial charge in [-0.1, -0.05) is 28.1 Å². The number of nitrogens with one attached hydrogen (secondary N) is 1. The van der Waals surface area contributed by atoms with Gasteiger partial charge in [0, 0.05) is 4.47 Å². The van der Waals surface area contributed by atoms with E-state index in [9.17, 15) is 4.39 Å². The Bertz CT molecular complexity index is 835. The maximum atomic E-state index is 13.8. The second-order valence-electron chi connectivity index (χ2n) is 4.28. The molecular weight excluding hydrogens is 327 g/mol. The summed E-state index contributed by atoms with van der Waals surface area (Å²) in [5, 5.41) is 0. The number of hydrogen-bond donors (Lipinski definition) is 1. The van der Waals surface area contributed by atoms with Crippen molar-refractivity contribution < 1.29 is 4.39 Å². The first kappa shape index (κ1) is 12.6. The van der Waals surface area contributed by atoms with Gasteiger partial charge in [0.15, 0.2) is 4.77 Å². The molecule has 0 amide bonds. The Balaban J connectivity index is 2.44. The molecule has 0 radical (unpaired) electrons. The van der Waals surface area contributed by atoms with E-state index in [1.807, 2.05) is 35.8 Å². The van der Waals surface area contributed by atoms with Gasteiger partial charge in [0.05, 0.1) is 11.2 Å². The highest BCUT2D eigenvalue weighted by Crippen LogP contribution is 2.27. The molecule has 2 nitrogen and oxygen atoms in total. The molecule has 0 spiro atoms. The van der Waals surface area contributed by atoms with Gasteiger partial charge in [0.2, 0.25) is 0 Å². The smallest absolute Gasteiger partial charge is 0.182 e. The molecule has 0 fully saturated rings. The lowest BCUT2D eigenvalue weighted by Gasteiger charge is -2.09. The highest BCUT2D eigenvalue weighted by molar-refractivity contribution is 9.10. The third kappa shape index (κ3) is 1.93. The van der Waals surface area contributed by atoms with E-state index in [1.54, 1.807) is 6.07 Å². The summed E-state index contributed by atoms with van der Waals surface area (Å²) in [6.07, 6.45) is 0. The Morgan fingerprint density at radius 3 is 2.74 bits per heavy atom. The van der Waals surface area contributed by atoms with Crippen LogP contribution in [0.1, 0.15) is 5.56 Å². The average molecular weight is 337 g/mol. The summed E-state index contributed by atoms with van der Waals surface area (Å²) in [6, 6.07) is 10.8. The number of nitrogens with zero attached hydrogens (tertiary/aromatic N) is 1. The summed E-state index contributed by atoms with van der Waals surface area (Å²) in [4.78, 5) is 2.93. The number of benzene rings is 2. The number of fused-ring (bicyclic) bond motifs is 1. The first-order chi connectivity index (χ1) is 9.09. The molecule has 3 aromatic rings. The van der Waals surface area contributed by atoms with E-state index in [0.717, 1.165) is 21.2 Å². The van der Waals surface area contributed by atoms with Crippen LogP contribution in [0, 0.1) is 17.5 Å². The molecule has 0 bridgehead atoms. The van der Waals surface area contributed by atoms with E-state index >= 15 is 0 Å². The van der Waals surface area contributed by atoms with Crippen LogP contribution in [0.2, 0.25) is 0 Å². The van der Waals surface area contributed by atoms with E-state index in [2.05, 4.69) is 20.9 Å². The predicted octanol–water partition coefficient (Wildman–Crippen LogP) is 4.90. The molecule has 5 heteroatoms. The second kappa shape index (κ2) is 4.58. The molecule has 1 heterocycles. The van der Waals surface area contributed by atoms with Crippen LogP contribution in [0.5, 0.6) is 0 Å². The molecule has 19 heavy (non-hydrogen) atoms. The fourth-order valence-electron chi connectivity index (χ4n) is 2.17. The number of aromatic amines is 1. The molecule has 0 aliphatic carbocycles. The van der Waals surface area contributed by atoms with Gasteiger partial charge in [-0.2, -0.15) is 0 Å². The van der Waals surface area contributed by atoms with Crippen molar-refractivity contribution >= 4 is 39.2 Å². The molecule has 0 aliphatic heterocycles. The van der Waals surface area contributed by atoms with Gasteiger partial charge in [-0.25, -0.2) is 4.39 Å². The third-order valence-electron chi connectivity index (χ3n) is 3.15. The summed E-state index contributed by atoms with van der Waals surface area (Å²) in [7, 11) is 0. The average Bonchev–Trinajstić information content (AvgIpc) is 2.71. The second-order valence-corrected chi connectivity index (χ2v) is 5.52. The highest BCUT2D eigenvalue weighted by atomic mass is 79.9. The van der Waals surface area contributed by atoms with Crippen LogP contribution < -0.4 is 0 Å². The van der Waals surface area contributed by atoms with Crippen LogP contribution in [0.4, 0.5) is 4.39 Å². The fraction of sp³-hybridized carbons (Fsp3) is 0.0714. The van der Waals surface area contributed by atoms with Gasteiger partial charge in [0.1, 0.15) is 11.3 Å². The molecule has 0 atom stereocenters. The number of halogens is 2. The quantitative estimate of drug-likeness (QED) is 0.627. The summed E-state index contributed by atoms with van der Waals surface area (Å²) in [5.74, 6) is -0.296. The maximum absolute atomic E-state index is 13.8. The van der Waals surface area contributed by atoms with Gasteiger partial charge in [-0.15, -0.1) is 0 Å². The lowest BCUT2D eigenvalue weighted by molar-refractivity contribution is 0.637. The van der Waals surface area contributed by atoms with Crippen molar-refractivity contribution in [2.45, 2.75) is 6.92 Å². The Labute approximate surface area is 123 Å². The number of aromatic nitrogens is 2. The number of rotatable bonds is 1. The predicted molar refractivity (Wildman–Crippen MR) is 80.9 cm³/mol. The third-order valence-corrected chi connectivity index (χ3v) is 4.29. The Morgan fingerprint density at radius 1 is 1.21 bits per heavy atom. The zero-order valence-electron chi connectivity index (χ0n) is 10.1. The Kier molecular flexibility index (Phi) is 3.03. The monoisotopic (exact) mass is 336 g/mol. The van der Waals surface area contributed by atoms with Gasteiger partial charge >= 0.3 is 0 Å². The van der Waals surface area contributed by atoms with Gasteiger partial charge < -0.3 is 4.98 Å². The molecule has 0 saturated heterocycles. The molecule has 96 valence electrons. The molecule has 0 aliphatic rings. The Morgan fingerprint density at radius 2 is 1.95 bits per heavy atom. The maximum Gasteiger partial charge on any atom is 0.182 e. The van der Waals surface area contributed by atoms with Crippen LogP contribution in [0.25, 0.3) is 16.7 Å². The normalized spacial score (nSPS) is 11.1. The van der Waals surface area contributed by atoms with Crippen molar-refractivity contribution in [2.24, 2.45) is 0 Å². The van der Waals surface area contributed by atoms with Gasteiger partial charge in [-0.3, -0.25) is 4.57 Å². The molecule has 2 aromatic carbocycles. The van der Waals surface area contributed by atoms with E-state index < -0.39 is 0 Å². The zero-order chi connectivity index (χ0) is 13.6. The number of imidazole rings is 1. The van der Waals surface area contributed by atoms with Crippen molar-refractivity contribution in [1.29, 1.82) is 0 Å². The Hall–Kier alpha value is -1.46. The summed E-state index contributed by atoms with van der Waals surface area (Å²) >= 11 is 8.83. The van der Waals surface area contributed by atoms with Crippen molar-refractivity contribution in [3.05, 3.63) is 57.0 Å². The summed E-state index contributed by atoms with van der Waals surface area (Å²) in [5.41, 5.74) is 3.18. The summed E-state index contributed by atoms with van der Waals surface area (Å²) < 4.78 is 17.1. The van der Waals surface area contributed by atoms with Crippen molar-refractivity contribution in [3.8, 4) is 5.69 Å². The minimum atomic E-state index is -0.296. The van der Waals surface area contributed by atoms with Gasteiger partial charge in [-0.05, 0) is 49.0 Å². The molecule has 0 saturated carbocycles. The topological polar surface area (TPSA) is 20.7 Å². The number of para-hydroxylation sites is 1. The zero-order valence-corrected chi connectivity index (χ0v) is 12.5. The first-order valence-corrected chi connectivity index (χ1v) is 6.94. The van der Waals surface area contributed by atoms with Crippen molar-refractivity contribution in [2.75, 3.05) is 0 Å². The minimum absolute atomic E-state index is 0.296.